The molecule has 0 radical (unpaired) electrons. The zero-order valence-electron chi connectivity index (χ0n) is 17.8. The molecule has 0 aliphatic carbocycles. The van der Waals surface area contributed by atoms with Crippen LogP contribution in [0.25, 0.3) is 5.69 Å². The largest absolute Gasteiger partial charge is 0.378 e. The molecule has 0 atom stereocenters. The summed E-state index contributed by atoms with van der Waals surface area (Å²) < 4.78 is 1.95. The molecule has 2 N–H and O–H groups in total. The average Bonchev–Trinajstić information content (AvgIpc) is 3.23. The molecule has 0 saturated heterocycles. The molecule has 0 bridgehead atoms. The van der Waals surface area contributed by atoms with Crippen LogP contribution in [0.1, 0.15) is 11.4 Å². The number of anilines is 2. The van der Waals surface area contributed by atoms with Crippen molar-refractivity contribution in [1.29, 1.82) is 0 Å². The lowest BCUT2D eigenvalue weighted by Crippen LogP contribution is -2.15. The van der Waals surface area contributed by atoms with Gasteiger partial charge < -0.3 is 10.6 Å². The van der Waals surface area contributed by atoms with Gasteiger partial charge in [0.1, 0.15) is 0 Å². The van der Waals surface area contributed by atoms with Gasteiger partial charge in [0.25, 0.3) is 0 Å². The van der Waals surface area contributed by atoms with Gasteiger partial charge in [-0.15, -0.1) is 10.2 Å². The molecule has 4 rings (SSSR count). The Kier molecular flexibility index (Phi) is 7.54. The molecule has 9 heteroatoms. The number of rotatable bonds is 8. The summed E-state index contributed by atoms with van der Waals surface area (Å²) in [4.78, 5) is 12.6. The van der Waals surface area contributed by atoms with Crippen LogP contribution in [-0.2, 0) is 11.3 Å². The predicted octanol–water partition coefficient (Wildman–Crippen LogP) is 6.23. The van der Waals surface area contributed by atoms with Gasteiger partial charge in [-0.3, -0.25) is 9.36 Å². The number of hydrogen-bond acceptors (Lipinski definition) is 5. The van der Waals surface area contributed by atoms with E-state index in [1.807, 2.05) is 72.2 Å². The van der Waals surface area contributed by atoms with E-state index in [4.69, 9.17) is 23.2 Å². The maximum Gasteiger partial charge on any atom is 0.234 e. The minimum absolute atomic E-state index is 0.145. The number of carbonyl (C=O) groups is 1. The number of halogens is 2. The number of thioether (sulfide) groups is 1. The summed E-state index contributed by atoms with van der Waals surface area (Å²) in [5.74, 6) is 0.764. The van der Waals surface area contributed by atoms with Gasteiger partial charge in [0, 0.05) is 27.1 Å². The zero-order chi connectivity index (χ0) is 23.2. The molecule has 4 aromatic rings. The number of amides is 1. The lowest BCUT2D eigenvalue weighted by atomic mass is 10.2. The number of aromatic nitrogens is 3. The van der Waals surface area contributed by atoms with E-state index in [0.717, 1.165) is 22.8 Å². The van der Waals surface area contributed by atoms with Gasteiger partial charge in [-0.25, -0.2) is 0 Å². The molecule has 0 fully saturated rings. The van der Waals surface area contributed by atoms with Crippen LogP contribution in [0, 0.1) is 6.92 Å². The molecule has 6 nitrogen and oxygen atoms in total. The van der Waals surface area contributed by atoms with Crippen molar-refractivity contribution in [3.05, 3.63) is 94.2 Å². The van der Waals surface area contributed by atoms with E-state index in [0.29, 0.717) is 27.4 Å². The van der Waals surface area contributed by atoms with Gasteiger partial charge in [0.05, 0.1) is 12.3 Å². The summed E-state index contributed by atoms with van der Waals surface area (Å²) in [6, 6.07) is 22.7. The Bertz CT molecular complexity index is 1250. The van der Waals surface area contributed by atoms with Crippen molar-refractivity contribution in [3.63, 3.8) is 0 Å². The second-order valence-corrected chi connectivity index (χ2v) is 9.04. The van der Waals surface area contributed by atoms with Gasteiger partial charge in [-0.05, 0) is 61.0 Å². The SMILES string of the molecule is Cc1ccc(Cl)cc1NC(=O)CSc1nnc(CNc2ccc(Cl)cc2)n1-c1ccccc1. The first-order valence-electron chi connectivity index (χ1n) is 10.2. The Balaban J connectivity index is 1.49. The number of carbonyl (C=O) groups excluding carboxylic acids is 1. The van der Waals surface area contributed by atoms with Gasteiger partial charge in [-0.1, -0.05) is 59.2 Å². The Morgan fingerprint density at radius 1 is 0.970 bits per heavy atom. The first kappa shape index (κ1) is 23.2. The van der Waals surface area contributed by atoms with Gasteiger partial charge in [-0.2, -0.15) is 0 Å². The lowest BCUT2D eigenvalue weighted by molar-refractivity contribution is -0.113. The van der Waals surface area contributed by atoms with Crippen molar-refractivity contribution >= 4 is 52.2 Å². The van der Waals surface area contributed by atoms with Crippen LogP contribution in [0.15, 0.2) is 78.0 Å². The first-order valence-corrected chi connectivity index (χ1v) is 11.9. The summed E-state index contributed by atoms with van der Waals surface area (Å²) in [6.07, 6.45) is 0. The highest BCUT2D eigenvalue weighted by Crippen LogP contribution is 2.24. The monoisotopic (exact) mass is 497 g/mol. The van der Waals surface area contributed by atoms with Crippen molar-refractivity contribution in [1.82, 2.24) is 14.8 Å². The molecule has 3 aromatic carbocycles. The van der Waals surface area contributed by atoms with Crippen molar-refractivity contribution in [2.75, 3.05) is 16.4 Å². The molecule has 33 heavy (non-hydrogen) atoms. The van der Waals surface area contributed by atoms with Gasteiger partial charge >= 0.3 is 0 Å². The summed E-state index contributed by atoms with van der Waals surface area (Å²) in [5, 5.41) is 16.8. The standard InChI is InChI=1S/C24H21Cl2N5OS/c1-16-7-8-18(26)13-21(16)28-23(32)15-33-24-30-29-22(31(24)20-5-3-2-4-6-20)14-27-19-11-9-17(25)10-12-19/h2-13,27H,14-15H2,1H3,(H,28,32). The summed E-state index contributed by atoms with van der Waals surface area (Å²) in [5.41, 5.74) is 3.49. The molecule has 0 aliphatic heterocycles. The van der Waals surface area contributed by atoms with Crippen LogP contribution in [-0.4, -0.2) is 26.4 Å². The third-order valence-corrected chi connectivity index (χ3v) is 6.23. The summed E-state index contributed by atoms with van der Waals surface area (Å²) in [7, 11) is 0. The highest BCUT2D eigenvalue weighted by molar-refractivity contribution is 7.99. The highest BCUT2D eigenvalue weighted by atomic mass is 35.5. The smallest absolute Gasteiger partial charge is 0.234 e. The van der Waals surface area contributed by atoms with Gasteiger partial charge in [0.15, 0.2) is 11.0 Å². The molecule has 0 aliphatic rings. The first-order chi connectivity index (χ1) is 16.0. The van der Waals surface area contributed by atoms with Crippen LogP contribution in [0.5, 0.6) is 0 Å². The van der Waals surface area contributed by atoms with E-state index in [9.17, 15) is 4.79 Å². The third-order valence-electron chi connectivity index (χ3n) is 4.82. The Labute approximate surface area is 206 Å². The average molecular weight is 498 g/mol. The van der Waals surface area contributed by atoms with Crippen LogP contribution < -0.4 is 10.6 Å². The maximum absolute atomic E-state index is 12.6. The maximum atomic E-state index is 12.6. The molecule has 1 heterocycles. The summed E-state index contributed by atoms with van der Waals surface area (Å²) in [6.45, 7) is 2.38. The lowest BCUT2D eigenvalue weighted by Gasteiger charge is -2.12. The predicted molar refractivity (Wildman–Crippen MR) is 136 cm³/mol. The van der Waals surface area contributed by atoms with Crippen molar-refractivity contribution in [2.45, 2.75) is 18.6 Å². The second-order valence-electron chi connectivity index (χ2n) is 7.23. The van der Waals surface area contributed by atoms with Crippen LogP contribution in [0.4, 0.5) is 11.4 Å². The Morgan fingerprint density at radius 3 is 2.45 bits per heavy atom. The molecular weight excluding hydrogens is 477 g/mol. The molecular formula is C24H21Cl2N5OS. The highest BCUT2D eigenvalue weighted by Gasteiger charge is 2.16. The second kappa shape index (κ2) is 10.7. The van der Waals surface area contributed by atoms with Crippen LogP contribution >= 0.6 is 35.0 Å². The Hall–Kier alpha value is -3.00. The van der Waals surface area contributed by atoms with Crippen molar-refractivity contribution in [3.8, 4) is 5.69 Å². The van der Waals surface area contributed by atoms with E-state index >= 15 is 0 Å². The Morgan fingerprint density at radius 2 is 1.70 bits per heavy atom. The molecule has 0 unspecified atom stereocenters. The van der Waals surface area contributed by atoms with Crippen molar-refractivity contribution in [2.24, 2.45) is 0 Å². The topological polar surface area (TPSA) is 71.8 Å². The molecule has 168 valence electrons. The third kappa shape index (κ3) is 6.07. The quantitative estimate of drug-likeness (QED) is 0.282. The van der Waals surface area contributed by atoms with Crippen LogP contribution in [0.3, 0.4) is 0 Å². The van der Waals surface area contributed by atoms with E-state index in [1.165, 1.54) is 11.8 Å². The minimum atomic E-state index is -0.145. The number of nitrogens with one attached hydrogen (secondary N) is 2. The van der Waals surface area contributed by atoms with E-state index in [-0.39, 0.29) is 11.7 Å². The fraction of sp³-hybridized carbons (Fsp3) is 0.125. The minimum Gasteiger partial charge on any atom is -0.378 e. The van der Waals surface area contributed by atoms with Crippen molar-refractivity contribution < 1.29 is 4.79 Å². The van der Waals surface area contributed by atoms with Crippen LogP contribution in [0.2, 0.25) is 10.0 Å². The van der Waals surface area contributed by atoms with E-state index < -0.39 is 0 Å². The number of hydrogen-bond donors (Lipinski definition) is 2. The molecule has 1 aromatic heterocycles. The fourth-order valence-corrected chi connectivity index (χ4v) is 4.21. The summed E-state index contributed by atoms with van der Waals surface area (Å²) >= 11 is 13.3. The van der Waals surface area contributed by atoms with E-state index in [2.05, 4.69) is 20.8 Å². The van der Waals surface area contributed by atoms with E-state index in [1.54, 1.807) is 12.1 Å². The van der Waals surface area contributed by atoms with Gasteiger partial charge in [0.2, 0.25) is 5.91 Å². The fourth-order valence-electron chi connectivity index (χ4n) is 3.14. The normalized spacial score (nSPS) is 10.8. The zero-order valence-corrected chi connectivity index (χ0v) is 20.1. The number of para-hydroxylation sites is 1. The molecule has 0 spiro atoms. The number of benzene rings is 3. The molecule has 1 amide bonds. The number of aryl methyl sites for hydroxylation is 1. The number of nitrogens with zero attached hydrogens (tertiary/aromatic N) is 3. The molecule has 0 saturated carbocycles.